The van der Waals surface area contributed by atoms with Gasteiger partial charge < -0.3 is 5.32 Å². The third kappa shape index (κ3) is 5.35. The number of rotatable bonds is 7. The van der Waals surface area contributed by atoms with Crippen LogP contribution in [0.25, 0.3) is 20.8 Å². The van der Waals surface area contributed by atoms with Gasteiger partial charge in [0.25, 0.3) is 5.91 Å². The number of nitrogens with one attached hydrogen (secondary N) is 1. The normalized spacial score (nSPS) is 18.6. The molecule has 1 saturated heterocycles. The molecule has 1 atom stereocenters. The van der Waals surface area contributed by atoms with E-state index in [0.29, 0.717) is 24.6 Å². The Morgan fingerprint density at radius 2 is 1.90 bits per heavy atom. The maximum absolute atomic E-state index is 13.5. The van der Waals surface area contributed by atoms with Gasteiger partial charge in [-0.05, 0) is 80.1 Å². The molecular formula is C30H34N4O3S3. The zero-order valence-electron chi connectivity index (χ0n) is 22.9. The molecule has 1 unspecified atom stereocenters. The number of carbonyl (C=O) groups excluding carboxylic acids is 1. The number of sulfonamides is 1. The number of thiophene rings is 1. The monoisotopic (exact) mass is 594 g/mol. The number of aromatic nitrogens is 1. The Labute approximate surface area is 243 Å². The number of carbonyl (C=O) groups is 1. The smallest absolute Gasteiger partial charge is 0.256 e. The number of thiazole rings is 1. The molecule has 4 aromatic rings. The lowest BCUT2D eigenvalue weighted by Gasteiger charge is -2.30. The average molecular weight is 595 g/mol. The van der Waals surface area contributed by atoms with Crippen molar-refractivity contribution in [2.45, 2.75) is 51.0 Å². The number of piperidine rings is 1. The number of anilines is 1. The maximum atomic E-state index is 13.5. The van der Waals surface area contributed by atoms with E-state index in [2.05, 4.69) is 30.1 Å². The van der Waals surface area contributed by atoms with Crippen LogP contribution in [0.2, 0.25) is 0 Å². The molecule has 40 heavy (non-hydrogen) atoms. The van der Waals surface area contributed by atoms with Crippen LogP contribution in [0.5, 0.6) is 0 Å². The summed E-state index contributed by atoms with van der Waals surface area (Å²) in [6.07, 6.45) is 3.96. The van der Waals surface area contributed by atoms with Gasteiger partial charge in [-0.15, -0.1) is 22.7 Å². The molecule has 1 N–H and O–H groups in total. The van der Waals surface area contributed by atoms with Gasteiger partial charge >= 0.3 is 0 Å². The Kier molecular flexibility index (Phi) is 7.80. The van der Waals surface area contributed by atoms with Crippen LogP contribution < -0.4 is 5.32 Å². The van der Waals surface area contributed by atoms with E-state index in [9.17, 15) is 13.2 Å². The van der Waals surface area contributed by atoms with Crippen LogP contribution in [0.3, 0.4) is 0 Å². The minimum atomic E-state index is -3.57. The van der Waals surface area contributed by atoms with Crippen molar-refractivity contribution in [2.75, 3.05) is 31.5 Å². The molecule has 2 aromatic carbocycles. The number of benzene rings is 2. The molecule has 1 amide bonds. The van der Waals surface area contributed by atoms with Crippen molar-refractivity contribution in [3.05, 3.63) is 64.5 Å². The van der Waals surface area contributed by atoms with E-state index in [1.165, 1.54) is 10.4 Å². The van der Waals surface area contributed by atoms with Crippen molar-refractivity contribution >= 4 is 53.8 Å². The Hall–Kier alpha value is -2.63. The van der Waals surface area contributed by atoms with Gasteiger partial charge in [0.1, 0.15) is 10.0 Å². The summed E-state index contributed by atoms with van der Waals surface area (Å²) < 4.78 is 29.1. The molecule has 0 bridgehead atoms. The SMILES string of the molecule is CCCN1CCc2c(sc(NC(=O)c3ccc(S(=O)(=O)N4CCCC(C)C4)cc3)c2-c2nc3ccccc3s2)C1. The van der Waals surface area contributed by atoms with E-state index < -0.39 is 10.0 Å². The molecule has 2 aromatic heterocycles. The highest BCUT2D eigenvalue weighted by Crippen LogP contribution is 2.45. The molecule has 0 radical (unpaired) electrons. The van der Waals surface area contributed by atoms with E-state index in [4.69, 9.17) is 4.98 Å². The van der Waals surface area contributed by atoms with Crippen LogP contribution in [0.15, 0.2) is 53.4 Å². The first kappa shape index (κ1) is 27.5. The lowest BCUT2D eigenvalue weighted by Crippen LogP contribution is -2.39. The number of amides is 1. The summed E-state index contributed by atoms with van der Waals surface area (Å²) in [4.78, 5) is 22.4. The molecule has 10 heteroatoms. The second-order valence-electron chi connectivity index (χ2n) is 10.8. The highest BCUT2D eigenvalue weighted by Gasteiger charge is 2.30. The van der Waals surface area contributed by atoms with Gasteiger partial charge in [0.15, 0.2) is 0 Å². The number of hydrogen-bond acceptors (Lipinski definition) is 7. The van der Waals surface area contributed by atoms with Crippen LogP contribution in [-0.2, 0) is 23.0 Å². The third-order valence-corrected chi connectivity index (χ3v) is 11.9. The molecule has 0 saturated carbocycles. The largest absolute Gasteiger partial charge is 0.313 e. The Morgan fingerprint density at radius 3 is 2.65 bits per heavy atom. The lowest BCUT2D eigenvalue weighted by molar-refractivity contribution is 0.102. The Morgan fingerprint density at radius 1 is 1.10 bits per heavy atom. The molecular weight excluding hydrogens is 561 g/mol. The molecule has 1 fully saturated rings. The summed E-state index contributed by atoms with van der Waals surface area (Å²) >= 11 is 3.29. The van der Waals surface area contributed by atoms with Crippen LogP contribution >= 0.6 is 22.7 Å². The highest BCUT2D eigenvalue weighted by atomic mass is 32.2. The Bertz CT molecular complexity index is 1610. The summed E-state index contributed by atoms with van der Waals surface area (Å²) in [6.45, 7) is 8.30. The van der Waals surface area contributed by atoms with E-state index in [1.54, 1.807) is 51.2 Å². The average Bonchev–Trinajstić information content (AvgIpc) is 3.53. The fourth-order valence-corrected chi connectivity index (χ4v) is 9.72. The van der Waals surface area contributed by atoms with Crippen molar-refractivity contribution in [1.82, 2.24) is 14.2 Å². The van der Waals surface area contributed by atoms with Crippen LogP contribution in [0, 0.1) is 5.92 Å². The van der Waals surface area contributed by atoms with Gasteiger partial charge in [0.05, 0.1) is 15.1 Å². The first-order valence-corrected chi connectivity index (χ1v) is 17.0. The van der Waals surface area contributed by atoms with Crippen molar-refractivity contribution < 1.29 is 13.2 Å². The summed E-state index contributed by atoms with van der Waals surface area (Å²) in [6, 6.07) is 14.5. The second kappa shape index (κ2) is 11.3. The summed E-state index contributed by atoms with van der Waals surface area (Å²) in [7, 11) is -3.57. The molecule has 210 valence electrons. The topological polar surface area (TPSA) is 82.6 Å². The van der Waals surface area contributed by atoms with E-state index in [0.717, 1.165) is 71.1 Å². The van der Waals surface area contributed by atoms with Crippen LogP contribution in [0.4, 0.5) is 5.00 Å². The zero-order chi connectivity index (χ0) is 27.9. The fourth-order valence-electron chi connectivity index (χ4n) is 5.72. The van der Waals surface area contributed by atoms with Crippen molar-refractivity contribution in [1.29, 1.82) is 0 Å². The van der Waals surface area contributed by atoms with Gasteiger partial charge in [-0.1, -0.05) is 26.0 Å². The fraction of sp³-hybridized carbons (Fsp3) is 0.400. The first-order chi connectivity index (χ1) is 19.3. The summed E-state index contributed by atoms with van der Waals surface area (Å²) in [5.41, 5.74) is 3.70. The van der Waals surface area contributed by atoms with Crippen molar-refractivity contribution in [3.8, 4) is 10.6 Å². The minimum absolute atomic E-state index is 0.232. The van der Waals surface area contributed by atoms with E-state index in [-0.39, 0.29) is 10.8 Å². The van der Waals surface area contributed by atoms with Gasteiger partial charge in [-0.25, -0.2) is 13.4 Å². The maximum Gasteiger partial charge on any atom is 0.256 e. The quantitative estimate of drug-likeness (QED) is 0.265. The van der Waals surface area contributed by atoms with E-state index >= 15 is 0 Å². The summed E-state index contributed by atoms with van der Waals surface area (Å²) in [5, 5.41) is 4.91. The van der Waals surface area contributed by atoms with Gasteiger partial charge in [0, 0.05) is 42.2 Å². The second-order valence-corrected chi connectivity index (χ2v) is 14.9. The van der Waals surface area contributed by atoms with Crippen LogP contribution in [0.1, 0.15) is 53.9 Å². The van der Waals surface area contributed by atoms with Crippen molar-refractivity contribution in [2.24, 2.45) is 5.92 Å². The third-order valence-electron chi connectivity index (χ3n) is 7.78. The molecule has 2 aliphatic rings. The predicted octanol–water partition coefficient (Wildman–Crippen LogP) is 6.47. The van der Waals surface area contributed by atoms with Gasteiger partial charge in [-0.3, -0.25) is 9.69 Å². The highest BCUT2D eigenvalue weighted by molar-refractivity contribution is 7.89. The molecule has 0 spiro atoms. The molecule has 2 aliphatic heterocycles. The summed E-state index contributed by atoms with van der Waals surface area (Å²) in [5.74, 6) is 0.103. The Balaban J connectivity index is 1.29. The zero-order valence-corrected chi connectivity index (χ0v) is 25.3. The van der Waals surface area contributed by atoms with Crippen LogP contribution in [-0.4, -0.2) is 54.7 Å². The predicted molar refractivity (Wildman–Crippen MR) is 164 cm³/mol. The van der Waals surface area contributed by atoms with Gasteiger partial charge in [-0.2, -0.15) is 4.31 Å². The molecule has 7 nitrogen and oxygen atoms in total. The van der Waals surface area contributed by atoms with E-state index in [1.807, 2.05) is 18.2 Å². The molecule has 4 heterocycles. The number of nitrogens with zero attached hydrogens (tertiary/aromatic N) is 3. The number of para-hydroxylation sites is 1. The number of hydrogen-bond donors (Lipinski definition) is 1. The molecule has 0 aliphatic carbocycles. The first-order valence-electron chi connectivity index (χ1n) is 14.0. The standard InChI is InChI=1S/C30H34N4O3S3/c1-3-15-33-17-14-23-26(19-33)39-30(27(23)29-31-24-8-4-5-9-25(24)38-29)32-28(35)21-10-12-22(13-11-21)40(36,37)34-16-6-7-20(2)18-34/h4-5,8-13,20H,3,6-7,14-19H2,1-2H3,(H,32,35). The molecule has 6 rings (SSSR count). The van der Waals surface area contributed by atoms with Gasteiger partial charge in [0.2, 0.25) is 10.0 Å². The lowest BCUT2D eigenvalue weighted by atomic mass is 10.0. The minimum Gasteiger partial charge on any atom is -0.313 e. The number of fused-ring (bicyclic) bond motifs is 2. The van der Waals surface area contributed by atoms with Crippen molar-refractivity contribution in [3.63, 3.8) is 0 Å².